The van der Waals surface area contributed by atoms with E-state index in [1.807, 2.05) is 25.1 Å². The molecular formula is C13H13Br2N3O. The van der Waals surface area contributed by atoms with Gasteiger partial charge in [-0.2, -0.15) is 0 Å². The van der Waals surface area contributed by atoms with Crippen LogP contribution in [-0.2, 0) is 6.54 Å². The molecule has 2 aromatic heterocycles. The summed E-state index contributed by atoms with van der Waals surface area (Å²) in [4.78, 5) is 16.4. The predicted octanol–water partition coefficient (Wildman–Crippen LogP) is 3.25. The van der Waals surface area contributed by atoms with E-state index in [0.717, 1.165) is 22.5 Å². The first-order chi connectivity index (χ1) is 9.10. The van der Waals surface area contributed by atoms with E-state index in [1.165, 1.54) is 0 Å². The summed E-state index contributed by atoms with van der Waals surface area (Å²) in [6, 6.07) is 7.48. The Labute approximate surface area is 128 Å². The van der Waals surface area contributed by atoms with Crippen molar-refractivity contribution in [3.63, 3.8) is 0 Å². The molecule has 19 heavy (non-hydrogen) atoms. The van der Waals surface area contributed by atoms with E-state index >= 15 is 0 Å². The lowest BCUT2D eigenvalue weighted by Gasteiger charge is -2.08. The number of anilines is 1. The minimum absolute atomic E-state index is 0.0705. The van der Waals surface area contributed by atoms with Gasteiger partial charge in [0.25, 0.3) is 5.56 Å². The Morgan fingerprint density at radius 1 is 1.37 bits per heavy atom. The molecule has 0 aliphatic carbocycles. The van der Waals surface area contributed by atoms with Gasteiger partial charge >= 0.3 is 0 Å². The van der Waals surface area contributed by atoms with Crippen LogP contribution >= 0.6 is 31.9 Å². The van der Waals surface area contributed by atoms with Crippen LogP contribution in [-0.4, -0.2) is 16.1 Å². The Balaban J connectivity index is 2.31. The molecule has 0 bridgehead atoms. The van der Waals surface area contributed by atoms with E-state index in [-0.39, 0.29) is 5.56 Å². The van der Waals surface area contributed by atoms with Crippen LogP contribution in [0.4, 0.5) is 5.82 Å². The third-order valence-corrected chi connectivity index (χ3v) is 3.51. The number of halogens is 2. The molecule has 0 amide bonds. The van der Waals surface area contributed by atoms with Crippen LogP contribution < -0.4 is 10.9 Å². The van der Waals surface area contributed by atoms with E-state index < -0.39 is 0 Å². The van der Waals surface area contributed by atoms with Gasteiger partial charge in [-0.05, 0) is 57.0 Å². The molecule has 0 spiro atoms. The first-order valence-electron chi connectivity index (χ1n) is 5.85. The molecule has 0 aliphatic rings. The van der Waals surface area contributed by atoms with Crippen LogP contribution in [0.2, 0.25) is 0 Å². The largest absolute Gasteiger partial charge is 0.370 e. The summed E-state index contributed by atoms with van der Waals surface area (Å²) in [6.07, 6.45) is 1.76. The van der Waals surface area contributed by atoms with Crippen molar-refractivity contribution in [2.75, 3.05) is 11.9 Å². The van der Waals surface area contributed by atoms with Gasteiger partial charge in [0.05, 0.1) is 16.7 Å². The van der Waals surface area contributed by atoms with E-state index in [1.54, 1.807) is 16.8 Å². The molecular weight excluding hydrogens is 374 g/mol. The zero-order valence-corrected chi connectivity index (χ0v) is 13.5. The molecule has 0 saturated heterocycles. The highest BCUT2D eigenvalue weighted by molar-refractivity contribution is 9.11. The Morgan fingerprint density at radius 2 is 2.16 bits per heavy atom. The molecule has 0 aliphatic heterocycles. The summed E-state index contributed by atoms with van der Waals surface area (Å²) in [5.41, 5.74) is 0.768. The number of aromatic nitrogens is 2. The van der Waals surface area contributed by atoms with Gasteiger partial charge in [-0.1, -0.05) is 6.07 Å². The predicted molar refractivity (Wildman–Crippen MR) is 83.6 cm³/mol. The Kier molecular flexibility index (Phi) is 4.76. The van der Waals surface area contributed by atoms with Crippen molar-refractivity contribution in [1.29, 1.82) is 0 Å². The number of nitrogens with zero attached hydrogens (tertiary/aromatic N) is 2. The quantitative estimate of drug-likeness (QED) is 0.877. The Bertz CT molecular complexity index is 640. The molecule has 2 aromatic rings. The van der Waals surface area contributed by atoms with Crippen LogP contribution in [0.3, 0.4) is 0 Å². The van der Waals surface area contributed by atoms with Crippen LogP contribution in [0.5, 0.6) is 0 Å². The highest BCUT2D eigenvalue weighted by Crippen LogP contribution is 2.14. The molecule has 1 N–H and O–H groups in total. The lowest BCUT2D eigenvalue weighted by atomic mass is 10.3. The zero-order valence-electron chi connectivity index (χ0n) is 10.4. The maximum atomic E-state index is 12.0. The lowest BCUT2D eigenvalue weighted by Crippen LogP contribution is -2.21. The topological polar surface area (TPSA) is 46.9 Å². The average molecular weight is 387 g/mol. The monoisotopic (exact) mass is 385 g/mol. The maximum absolute atomic E-state index is 12.0. The average Bonchev–Trinajstić information content (AvgIpc) is 2.36. The van der Waals surface area contributed by atoms with Gasteiger partial charge in [-0.25, -0.2) is 4.98 Å². The number of nitrogens with one attached hydrogen (secondary N) is 1. The summed E-state index contributed by atoms with van der Waals surface area (Å²) >= 11 is 6.63. The fraction of sp³-hybridized carbons (Fsp3) is 0.231. The Hall–Kier alpha value is -1.14. The second-order valence-corrected chi connectivity index (χ2v) is 5.75. The smallest absolute Gasteiger partial charge is 0.265 e. The summed E-state index contributed by atoms with van der Waals surface area (Å²) in [7, 11) is 0. The van der Waals surface area contributed by atoms with Crippen LogP contribution in [0.1, 0.15) is 12.6 Å². The van der Waals surface area contributed by atoms with Crippen LogP contribution in [0, 0.1) is 0 Å². The van der Waals surface area contributed by atoms with Gasteiger partial charge in [0.2, 0.25) is 0 Å². The number of rotatable bonds is 4. The van der Waals surface area contributed by atoms with Gasteiger partial charge in [0, 0.05) is 17.2 Å². The minimum atomic E-state index is -0.0705. The summed E-state index contributed by atoms with van der Waals surface area (Å²) < 4.78 is 3.00. The van der Waals surface area contributed by atoms with E-state index in [0.29, 0.717) is 11.0 Å². The van der Waals surface area contributed by atoms with E-state index in [2.05, 4.69) is 42.2 Å². The summed E-state index contributed by atoms with van der Waals surface area (Å²) in [5, 5.41) is 3.15. The number of hydrogen-bond acceptors (Lipinski definition) is 3. The molecule has 0 atom stereocenters. The van der Waals surface area contributed by atoms with E-state index in [4.69, 9.17) is 0 Å². The first-order valence-corrected chi connectivity index (χ1v) is 7.44. The highest BCUT2D eigenvalue weighted by Gasteiger charge is 2.05. The maximum Gasteiger partial charge on any atom is 0.265 e. The van der Waals surface area contributed by atoms with Crippen molar-refractivity contribution in [2.45, 2.75) is 13.5 Å². The molecule has 4 nitrogen and oxygen atoms in total. The highest BCUT2D eigenvalue weighted by atomic mass is 79.9. The van der Waals surface area contributed by atoms with Crippen molar-refractivity contribution < 1.29 is 0 Å². The van der Waals surface area contributed by atoms with Gasteiger partial charge in [0.15, 0.2) is 0 Å². The molecule has 2 heterocycles. The lowest BCUT2D eigenvalue weighted by molar-refractivity contribution is 0.733. The third-order valence-electron chi connectivity index (χ3n) is 2.51. The normalized spacial score (nSPS) is 10.5. The van der Waals surface area contributed by atoms with Gasteiger partial charge < -0.3 is 9.88 Å². The summed E-state index contributed by atoms with van der Waals surface area (Å²) in [5.74, 6) is 0.821. The molecule has 0 unspecified atom stereocenters. The van der Waals surface area contributed by atoms with Gasteiger partial charge in [0.1, 0.15) is 5.82 Å². The van der Waals surface area contributed by atoms with Crippen molar-refractivity contribution in [3.8, 4) is 0 Å². The molecule has 2 rings (SSSR count). The molecule has 0 saturated carbocycles. The van der Waals surface area contributed by atoms with Gasteiger partial charge in [-0.3, -0.25) is 4.79 Å². The molecule has 0 radical (unpaired) electrons. The molecule has 6 heteroatoms. The number of hydrogen-bond donors (Lipinski definition) is 1. The second kappa shape index (κ2) is 6.34. The molecule has 0 fully saturated rings. The van der Waals surface area contributed by atoms with Crippen molar-refractivity contribution in [2.24, 2.45) is 0 Å². The SMILES string of the molecule is CCNc1cccc(Cn2cc(Br)cc(Br)c2=O)n1. The standard InChI is InChI=1S/C13H13Br2N3O/c1-2-16-12-5-3-4-10(17-12)8-18-7-9(14)6-11(15)13(18)19/h3-7H,2,8H2,1H3,(H,16,17). The zero-order chi connectivity index (χ0) is 13.8. The van der Waals surface area contributed by atoms with Crippen molar-refractivity contribution >= 4 is 37.7 Å². The second-order valence-electron chi connectivity index (χ2n) is 3.98. The fourth-order valence-electron chi connectivity index (χ4n) is 1.70. The minimum Gasteiger partial charge on any atom is -0.370 e. The third kappa shape index (κ3) is 3.67. The van der Waals surface area contributed by atoms with Crippen molar-refractivity contribution in [3.05, 3.63) is 55.5 Å². The van der Waals surface area contributed by atoms with E-state index in [9.17, 15) is 4.79 Å². The fourth-order valence-corrected chi connectivity index (χ4v) is 2.96. The Morgan fingerprint density at radius 3 is 2.89 bits per heavy atom. The first kappa shape index (κ1) is 14.3. The molecule has 100 valence electrons. The summed E-state index contributed by atoms with van der Waals surface area (Å²) in [6.45, 7) is 3.28. The van der Waals surface area contributed by atoms with Crippen LogP contribution in [0.25, 0.3) is 0 Å². The number of pyridine rings is 2. The van der Waals surface area contributed by atoms with Gasteiger partial charge in [-0.15, -0.1) is 0 Å². The van der Waals surface area contributed by atoms with Crippen LogP contribution in [0.15, 0.2) is 44.2 Å². The van der Waals surface area contributed by atoms with Crippen molar-refractivity contribution in [1.82, 2.24) is 9.55 Å². The molecule has 0 aromatic carbocycles.